The van der Waals surface area contributed by atoms with Gasteiger partial charge in [-0.2, -0.15) is 8.42 Å². The monoisotopic (exact) mass is 624 g/mol. The lowest BCUT2D eigenvalue weighted by molar-refractivity contribution is -0.124. The maximum Gasteiger partial charge on any atom is 0.408 e. The molecule has 228 valence electrons. The zero-order chi connectivity index (χ0) is 31.1. The van der Waals surface area contributed by atoms with E-state index in [9.17, 15) is 18.0 Å². The first-order valence-electron chi connectivity index (χ1n) is 13.7. The molecule has 1 aliphatic rings. The quantitative estimate of drug-likeness (QED) is 0.193. The number of nitrogens with one attached hydrogen (secondary N) is 4. The van der Waals surface area contributed by atoms with Crippen LogP contribution >= 0.6 is 11.8 Å². The van der Waals surface area contributed by atoms with Gasteiger partial charge in [0.05, 0.1) is 11.7 Å². The number of carbonyl (C=O) groups is 2. The minimum absolute atomic E-state index is 0.198. The third kappa shape index (κ3) is 9.24. The molecule has 1 aliphatic heterocycles. The smallest absolute Gasteiger partial charge is 0.408 e. The molecule has 0 bridgehead atoms. The highest BCUT2D eigenvalue weighted by molar-refractivity contribution is 8.03. The Balaban J connectivity index is 1.66. The molecule has 2 amide bonds. The van der Waals surface area contributed by atoms with Gasteiger partial charge >= 0.3 is 16.4 Å². The fourth-order valence-corrected chi connectivity index (χ4v) is 6.22. The molecule has 3 atom stereocenters. The summed E-state index contributed by atoms with van der Waals surface area (Å²) in [5.41, 5.74) is 2.05. The summed E-state index contributed by atoms with van der Waals surface area (Å²) < 4.78 is 39.1. The maximum atomic E-state index is 14.0. The molecule has 3 aromatic carbocycles. The predicted molar refractivity (Wildman–Crippen MR) is 169 cm³/mol. The fraction of sp³-hybridized carbons (Fsp3) is 0.290. The van der Waals surface area contributed by atoms with Crippen LogP contribution in [-0.4, -0.2) is 42.7 Å². The van der Waals surface area contributed by atoms with Crippen LogP contribution in [0.2, 0.25) is 0 Å². The average molecular weight is 625 g/mol. The molecule has 0 saturated heterocycles. The molecule has 4 rings (SSSR count). The second kappa shape index (κ2) is 13.5. The topological polar surface area (TPSA) is 146 Å². The Labute approximate surface area is 256 Å². The Morgan fingerprint density at radius 3 is 2.07 bits per heavy atom. The summed E-state index contributed by atoms with van der Waals surface area (Å²) in [6.07, 6.45) is 1.72. The van der Waals surface area contributed by atoms with E-state index in [1.807, 2.05) is 77.0 Å². The van der Waals surface area contributed by atoms with Gasteiger partial charge in [0.2, 0.25) is 5.91 Å². The van der Waals surface area contributed by atoms with Gasteiger partial charge in [-0.05, 0) is 61.4 Å². The highest BCUT2D eigenvalue weighted by Gasteiger charge is 2.44. The Bertz CT molecular complexity index is 1520. The van der Waals surface area contributed by atoms with Crippen LogP contribution in [0.1, 0.15) is 37.5 Å². The van der Waals surface area contributed by atoms with Crippen molar-refractivity contribution in [1.82, 2.24) is 16.0 Å². The van der Waals surface area contributed by atoms with Gasteiger partial charge < -0.3 is 20.7 Å². The highest BCUT2D eigenvalue weighted by atomic mass is 32.2. The molecular weight excluding hydrogens is 588 g/mol. The Hall–Kier alpha value is -4.00. The molecule has 5 N–H and O–H groups in total. The third-order valence-corrected chi connectivity index (χ3v) is 8.34. The van der Waals surface area contributed by atoms with Crippen molar-refractivity contribution in [2.75, 3.05) is 4.72 Å². The van der Waals surface area contributed by atoms with E-state index in [1.54, 1.807) is 32.9 Å². The zero-order valence-electron chi connectivity index (χ0n) is 24.1. The van der Waals surface area contributed by atoms with E-state index >= 15 is 0 Å². The van der Waals surface area contributed by atoms with E-state index in [1.165, 1.54) is 23.9 Å². The summed E-state index contributed by atoms with van der Waals surface area (Å²) in [5.74, 6) is -0.394. The van der Waals surface area contributed by atoms with E-state index in [0.717, 1.165) is 16.7 Å². The zero-order valence-corrected chi connectivity index (χ0v) is 25.7. The van der Waals surface area contributed by atoms with Crippen LogP contribution in [-0.2, 0) is 37.5 Å². The molecule has 10 nitrogen and oxygen atoms in total. The summed E-state index contributed by atoms with van der Waals surface area (Å²) >= 11 is 1.52. The van der Waals surface area contributed by atoms with Crippen molar-refractivity contribution in [3.63, 3.8) is 0 Å². The lowest BCUT2D eigenvalue weighted by Gasteiger charge is -2.39. The molecule has 0 saturated carbocycles. The van der Waals surface area contributed by atoms with E-state index < -0.39 is 44.9 Å². The van der Waals surface area contributed by atoms with Gasteiger partial charge in [0.15, 0.2) is 0 Å². The Morgan fingerprint density at radius 2 is 1.51 bits per heavy atom. The van der Waals surface area contributed by atoms with Crippen molar-refractivity contribution in [2.45, 2.75) is 56.2 Å². The van der Waals surface area contributed by atoms with Gasteiger partial charge in [0.25, 0.3) is 0 Å². The number of hydrogen-bond donors (Lipinski definition) is 5. The standard InChI is InChI=1S/C31H36N4O6S2/c1-30(2,3)41-29(37)33-26(20-22-10-6-4-7-11-22)28(36)34-27(21-23-14-16-25(17-15-23)35-43(38,39)40)31(32-18-19-42-31)24-12-8-5-9-13-24/h4-19,26-27,32,35H,20-21H2,1-3H3,(H,33,37)(H,34,36)(H,38,39,40)/t26-,27-,31?/m0/s1. The van der Waals surface area contributed by atoms with Crippen LogP contribution in [0, 0.1) is 0 Å². The van der Waals surface area contributed by atoms with Crippen LogP contribution in [0.25, 0.3) is 0 Å². The van der Waals surface area contributed by atoms with E-state index in [0.29, 0.717) is 6.42 Å². The number of amides is 2. The number of benzene rings is 3. The van der Waals surface area contributed by atoms with Crippen molar-refractivity contribution >= 4 is 39.8 Å². The Kier molecular flexibility index (Phi) is 10.0. The van der Waals surface area contributed by atoms with Crippen molar-refractivity contribution in [1.29, 1.82) is 0 Å². The van der Waals surface area contributed by atoms with E-state index in [-0.39, 0.29) is 12.1 Å². The summed E-state index contributed by atoms with van der Waals surface area (Å²) in [6.45, 7) is 5.27. The number of carbonyl (C=O) groups excluding carboxylic acids is 2. The highest BCUT2D eigenvalue weighted by Crippen LogP contribution is 2.42. The molecule has 0 aromatic heterocycles. The van der Waals surface area contributed by atoms with Crippen LogP contribution in [0.5, 0.6) is 0 Å². The van der Waals surface area contributed by atoms with Gasteiger partial charge in [-0.25, -0.2) is 4.79 Å². The number of alkyl carbamates (subject to hydrolysis) is 1. The van der Waals surface area contributed by atoms with Crippen LogP contribution in [0.3, 0.4) is 0 Å². The average Bonchev–Trinajstić information content (AvgIpc) is 3.44. The first kappa shape index (κ1) is 31.9. The lowest BCUT2D eigenvalue weighted by Crippen LogP contribution is -2.59. The van der Waals surface area contributed by atoms with E-state index in [4.69, 9.17) is 9.29 Å². The SMILES string of the molecule is CC(C)(C)OC(=O)N[C@@H](Cc1ccccc1)C(=O)N[C@@H](Cc1ccc(NS(=O)(=O)O)cc1)C1(c2ccccc2)NC=CS1. The van der Waals surface area contributed by atoms with Gasteiger partial charge in [-0.3, -0.25) is 14.1 Å². The molecule has 12 heteroatoms. The molecule has 3 aromatic rings. The summed E-state index contributed by atoms with van der Waals surface area (Å²) in [6, 6.07) is 24.2. The van der Waals surface area contributed by atoms with Gasteiger partial charge in [0, 0.05) is 12.6 Å². The van der Waals surface area contributed by atoms with E-state index in [2.05, 4.69) is 16.0 Å². The van der Waals surface area contributed by atoms with Crippen molar-refractivity contribution in [3.8, 4) is 0 Å². The second-order valence-electron chi connectivity index (χ2n) is 11.1. The first-order valence-corrected chi connectivity index (χ1v) is 16.0. The summed E-state index contributed by atoms with van der Waals surface area (Å²) in [5, 5.41) is 11.3. The van der Waals surface area contributed by atoms with Gasteiger partial charge in [-0.15, -0.1) is 0 Å². The Morgan fingerprint density at radius 1 is 0.907 bits per heavy atom. The first-order chi connectivity index (χ1) is 20.3. The summed E-state index contributed by atoms with van der Waals surface area (Å²) in [4.78, 5) is 26.1. The normalized spacial score (nSPS) is 17.8. The molecule has 1 unspecified atom stereocenters. The minimum atomic E-state index is -4.42. The molecule has 0 spiro atoms. The third-order valence-electron chi connectivity index (χ3n) is 6.56. The van der Waals surface area contributed by atoms with Gasteiger partial charge in [0.1, 0.15) is 16.5 Å². The molecule has 0 fully saturated rings. The number of hydrogen-bond acceptors (Lipinski definition) is 7. The molecule has 0 aliphatic carbocycles. The largest absolute Gasteiger partial charge is 0.444 e. The second-order valence-corrected chi connectivity index (χ2v) is 13.4. The molecular formula is C31H36N4O6S2. The lowest BCUT2D eigenvalue weighted by atomic mass is 9.92. The number of anilines is 1. The van der Waals surface area contributed by atoms with Gasteiger partial charge in [-0.1, -0.05) is 84.6 Å². The number of rotatable bonds is 11. The van der Waals surface area contributed by atoms with Crippen LogP contribution < -0.4 is 20.7 Å². The molecule has 1 heterocycles. The number of ether oxygens (including phenoxy) is 1. The van der Waals surface area contributed by atoms with Crippen LogP contribution in [0.15, 0.2) is 96.5 Å². The van der Waals surface area contributed by atoms with Crippen molar-refractivity contribution < 1.29 is 27.3 Å². The molecule has 0 radical (unpaired) electrons. The fourth-order valence-electron chi connectivity index (χ4n) is 4.73. The molecule has 43 heavy (non-hydrogen) atoms. The number of thioether (sulfide) groups is 1. The van der Waals surface area contributed by atoms with Crippen molar-refractivity contribution in [3.05, 3.63) is 113 Å². The maximum absolute atomic E-state index is 14.0. The summed E-state index contributed by atoms with van der Waals surface area (Å²) in [7, 11) is -4.42. The predicted octanol–water partition coefficient (Wildman–Crippen LogP) is 4.73. The van der Waals surface area contributed by atoms with Crippen LogP contribution in [0.4, 0.5) is 10.5 Å². The van der Waals surface area contributed by atoms with Crippen molar-refractivity contribution in [2.24, 2.45) is 0 Å². The minimum Gasteiger partial charge on any atom is -0.444 e.